The molecular weight excluding hydrogens is 506 g/mol. The molecule has 0 spiro atoms. The van der Waals surface area contributed by atoms with E-state index in [4.69, 9.17) is 11.5 Å². The van der Waals surface area contributed by atoms with Crippen molar-refractivity contribution in [1.29, 1.82) is 0 Å². The van der Waals surface area contributed by atoms with Gasteiger partial charge in [-0.2, -0.15) is 12.6 Å². The van der Waals surface area contributed by atoms with Crippen LogP contribution in [0.2, 0.25) is 0 Å². The zero-order valence-corrected chi connectivity index (χ0v) is 22.1. The normalized spacial score (nSPS) is 14.0. The number of amides is 3. The molecule has 4 unspecified atom stereocenters. The maximum absolute atomic E-state index is 13.3. The Kier molecular flexibility index (Phi) is 13.3. The maximum atomic E-state index is 13.3. The molecule has 0 aliphatic heterocycles. The fraction of sp³-hybridized carbons (Fsp3) is 0.407. The van der Waals surface area contributed by atoms with Crippen molar-refractivity contribution in [3.63, 3.8) is 0 Å². The van der Waals surface area contributed by atoms with E-state index < -0.39 is 47.9 Å². The van der Waals surface area contributed by atoms with E-state index in [1.165, 1.54) is 0 Å². The van der Waals surface area contributed by atoms with Crippen LogP contribution in [-0.4, -0.2) is 65.3 Å². The summed E-state index contributed by atoms with van der Waals surface area (Å²) in [7, 11) is 0. The number of carboxylic acid groups (broad SMARTS) is 1. The van der Waals surface area contributed by atoms with Crippen molar-refractivity contribution in [1.82, 2.24) is 16.0 Å². The first-order valence-electron chi connectivity index (χ1n) is 12.5. The summed E-state index contributed by atoms with van der Waals surface area (Å²) in [5.74, 6) is -3.06. The van der Waals surface area contributed by atoms with Gasteiger partial charge in [-0.15, -0.1) is 0 Å². The Balaban J connectivity index is 2.10. The molecule has 11 heteroatoms. The summed E-state index contributed by atoms with van der Waals surface area (Å²) in [5.41, 5.74) is 13.3. The van der Waals surface area contributed by atoms with Crippen LogP contribution in [0.15, 0.2) is 60.7 Å². The predicted molar refractivity (Wildman–Crippen MR) is 148 cm³/mol. The number of carbonyl (C=O) groups excluding carboxylic acids is 3. The Morgan fingerprint density at radius 2 is 1.24 bits per heavy atom. The van der Waals surface area contributed by atoms with Crippen LogP contribution in [0.4, 0.5) is 0 Å². The molecule has 38 heavy (non-hydrogen) atoms. The van der Waals surface area contributed by atoms with Gasteiger partial charge in [0.2, 0.25) is 17.7 Å². The highest BCUT2D eigenvalue weighted by molar-refractivity contribution is 7.80. The molecule has 0 aromatic heterocycles. The highest BCUT2D eigenvalue weighted by Gasteiger charge is 2.30. The fourth-order valence-corrected chi connectivity index (χ4v) is 4.04. The van der Waals surface area contributed by atoms with Gasteiger partial charge in [-0.25, -0.2) is 4.79 Å². The molecule has 0 heterocycles. The van der Waals surface area contributed by atoms with E-state index >= 15 is 0 Å². The van der Waals surface area contributed by atoms with Gasteiger partial charge in [0.05, 0.1) is 6.04 Å². The number of carboxylic acids is 1. The van der Waals surface area contributed by atoms with Gasteiger partial charge in [0, 0.05) is 12.2 Å². The molecule has 8 N–H and O–H groups in total. The summed E-state index contributed by atoms with van der Waals surface area (Å²) < 4.78 is 0. The lowest BCUT2D eigenvalue weighted by atomic mass is 10.0. The highest BCUT2D eigenvalue weighted by atomic mass is 32.1. The van der Waals surface area contributed by atoms with Crippen molar-refractivity contribution in [2.45, 2.75) is 56.3 Å². The predicted octanol–water partition coefficient (Wildman–Crippen LogP) is 0.397. The Bertz CT molecular complexity index is 1040. The summed E-state index contributed by atoms with van der Waals surface area (Å²) in [6, 6.07) is 14.2. The topological polar surface area (TPSA) is 177 Å². The molecule has 2 aromatic rings. The number of carbonyl (C=O) groups is 4. The van der Waals surface area contributed by atoms with E-state index in [1.54, 1.807) is 0 Å². The molecule has 0 bridgehead atoms. The van der Waals surface area contributed by atoms with Crippen LogP contribution >= 0.6 is 12.6 Å². The van der Waals surface area contributed by atoms with Gasteiger partial charge < -0.3 is 32.5 Å². The van der Waals surface area contributed by atoms with Gasteiger partial charge in [-0.3, -0.25) is 14.4 Å². The average molecular weight is 544 g/mol. The van der Waals surface area contributed by atoms with Crippen molar-refractivity contribution in [2.24, 2.45) is 11.5 Å². The van der Waals surface area contributed by atoms with Crippen LogP contribution < -0.4 is 27.4 Å². The minimum absolute atomic E-state index is 0.0771. The monoisotopic (exact) mass is 543 g/mol. The number of unbranched alkanes of at least 4 members (excludes halogenated alkanes) is 1. The molecule has 10 nitrogen and oxygen atoms in total. The van der Waals surface area contributed by atoms with Gasteiger partial charge in [0.1, 0.15) is 18.1 Å². The number of thiol groups is 1. The number of hydrogen-bond donors (Lipinski definition) is 7. The number of nitrogens with one attached hydrogen (secondary N) is 3. The first kappa shape index (κ1) is 30.8. The molecule has 4 atom stereocenters. The van der Waals surface area contributed by atoms with Crippen molar-refractivity contribution >= 4 is 36.3 Å². The molecule has 206 valence electrons. The summed E-state index contributed by atoms with van der Waals surface area (Å²) in [4.78, 5) is 50.5. The number of benzene rings is 2. The molecule has 0 aliphatic rings. The zero-order chi connectivity index (χ0) is 27.9. The standard InChI is InChI=1S/C27H37N5O5S/c28-14-8-7-13-21(27(36)37)30-26(35)23(17-38)32-25(34)22(16-19-11-5-2-6-12-19)31-24(33)20(29)15-18-9-3-1-4-10-18/h1-6,9-12,20-23,38H,7-8,13-17,28-29H2,(H,30,35)(H,31,33)(H,32,34)(H,36,37). The zero-order valence-electron chi connectivity index (χ0n) is 21.2. The molecule has 3 amide bonds. The molecule has 2 rings (SSSR count). The SMILES string of the molecule is NCCCCC(NC(=O)C(CS)NC(=O)C(Cc1ccccc1)NC(=O)C(N)Cc1ccccc1)C(=O)O. The summed E-state index contributed by atoms with van der Waals surface area (Å²) in [5, 5.41) is 17.2. The van der Waals surface area contributed by atoms with Crippen LogP contribution in [-0.2, 0) is 32.0 Å². The first-order chi connectivity index (χ1) is 18.2. The van der Waals surface area contributed by atoms with Crippen LogP contribution in [0.5, 0.6) is 0 Å². The third kappa shape index (κ3) is 10.5. The average Bonchev–Trinajstić information content (AvgIpc) is 2.91. The molecule has 0 fully saturated rings. The summed E-state index contributed by atoms with van der Waals surface area (Å²) in [6.07, 6.45) is 1.81. The van der Waals surface area contributed by atoms with Crippen molar-refractivity contribution in [3.05, 3.63) is 71.8 Å². The van der Waals surface area contributed by atoms with E-state index in [1.807, 2.05) is 60.7 Å². The number of rotatable bonds is 16. The van der Waals surface area contributed by atoms with Crippen molar-refractivity contribution < 1.29 is 24.3 Å². The largest absolute Gasteiger partial charge is 0.480 e. The van der Waals surface area contributed by atoms with Gasteiger partial charge in [-0.1, -0.05) is 60.7 Å². The van der Waals surface area contributed by atoms with Crippen molar-refractivity contribution in [2.75, 3.05) is 12.3 Å². The molecule has 0 aliphatic carbocycles. The third-order valence-electron chi connectivity index (χ3n) is 5.93. The summed E-state index contributed by atoms with van der Waals surface area (Å²) >= 11 is 4.17. The maximum Gasteiger partial charge on any atom is 0.326 e. The van der Waals surface area contributed by atoms with Crippen LogP contribution in [0.25, 0.3) is 0 Å². The molecule has 0 radical (unpaired) electrons. The van der Waals surface area contributed by atoms with Crippen molar-refractivity contribution in [3.8, 4) is 0 Å². The van der Waals surface area contributed by atoms with Gasteiger partial charge in [0.25, 0.3) is 0 Å². The Morgan fingerprint density at radius 1 is 0.737 bits per heavy atom. The number of hydrogen-bond acceptors (Lipinski definition) is 7. The smallest absolute Gasteiger partial charge is 0.326 e. The highest BCUT2D eigenvalue weighted by Crippen LogP contribution is 2.07. The van der Waals surface area contributed by atoms with E-state index in [2.05, 4.69) is 28.6 Å². The Labute approximate surface area is 228 Å². The quantitative estimate of drug-likeness (QED) is 0.118. The minimum Gasteiger partial charge on any atom is -0.480 e. The van der Waals surface area contributed by atoms with Crippen LogP contribution in [0.1, 0.15) is 30.4 Å². The molecule has 2 aromatic carbocycles. The second kappa shape index (κ2) is 16.4. The first-order valence-corrected chi connectivity index (χ1v) is 13.2. The Hall–Kier alpha value is -3.41. The van der Waals surface area contributed by atoms with E-state index in [-0.39, 0.29) is 25.0 Å². The molecule has 0 saturated carbocycles. The molecule has 0 saturated heterocycles. The van der Waals surface area contributed by atoms with E-state index in [0.717, 1.165) is 11.1 Å². The lowest BCUT2D eigenvalue weighted by Crippen LogP contribution is -2.58. The number of nitrogens with two attached hydrogens (primary N) is 2. The van der Waals surface area contributed by atoms with Gasteiger partial charge in [-0.05, 0) is 43.4 Å². The lowest BCUT2D eigenvalue weighted by molar-refractivity contribution is -0.142. The second-order valence-electron chi connectivity index (χ2n) is 8.97. The van der Waals surface area contributed by atoms with E-state index in [9.17, 15) is 24.3 Å². The van der Waals surface area contributed by atoms with Gasteiger partial charge >= 0.3 is 5.97 Å². The van der Waals surface area contributed by atoms with Crippen LogP contribution in [0, 0.1) is 0 Å². The lowest BCUT2D eigenvalue weighted by Gasteiger charge is -2.24. The second-order valence-corrected chi connectivity index (χ2v) is 9.34. The number of aliphatic carboxylic acids is 1. The minimum atomic E-state index is -1.18. The van der Waals surface area contributed by atoms with E-state index in [0.29, 0.717) is 19.4 Å². The Morgan fingerprint density at radius 3 is 1.76 bits per heavy atom. The fourth-order valence-electron chi connectivity index (χ4n) is 3.79. The third-order valence-corrected chi connectivity index (χ3v) is 6.29. The summed E-state index contributed by atoms with van der Waals surface area (Å²) in [6.45, 7) is 0.416. The van der Waals surface area contributed by atoms with Crippen LogP contribution in [0.3, 0.4) is 0 Å². The molecular formula is C27H37N5O5S. The van der Waals surface area contributed by atoms with Gasteiger partial charge in [0.15, 0.2) is 0 Å².